The topological polar surface area (TPSA) is 69.7 Å². The smallest absolute Gasteiger partial charge is 0.255 e. The summed E-state index contributed by atoms with van der Waals surface area (Å²) < 4.78 is 0. The SMILES string of the molecule is O=C1N[C@H](Cc2ccccc2)C(=O)N2CCN(C(=O)c3ccccc3Cl)C[C@H]12. The van der Waals surface area contributed by atoms with Crippen LogP contribution in [-0.2, 0) is 16.0 Å². The molecule has 2 aromatic rings. The summed E-state index contributed by atoms with van der Waals surface area (Å²) in [5.41, 5.74) is 1.40. The van der Waals surface area contributed by atoms with Crippen LogP contribution in [0.3, 0.4) is 0 Å². The molecule has 4 rings (SSSR count). The highest BCUT2D eigenvalue weighted by Crippen LogP contribution is 2.22. The molecule has 0 aromatic heterocycles. The average Bonchev–Trinajstić information content (AvgIpc) is 2.72. The van der Waals surface area contributed by atoms with Gasteiger partial charge in [-0.15, -0.1) is 0 Å². The van der Waals surface area contributed by atoms with E-state index in [0.717, 1.165) is 5.56 Å². The molecule has 0 spiro atoms. The van der Waals surface area contributed by atoms with Crippen LogP contribution >= 0.6 is 11.6 Å². The minimum atomic E-state index is -0.667. The Kier molecular flexibility index (Phi) is 5.05. The van der Waals surface area contributed by atoms with Crippen LogP contribution in [0.15, 0.2) is 54.6 Å². The van der Waals surface area contributed by atoms with Gasteiger partial charge in [0.1, 0.15) is 12.1 Å². The summed E-state index contributed by atoms with van der Waals surface area (Å²) in [5, 5.41) is 3.21. The Bertz CT molecular complexity index is 918. The summed E-state index contributed by atoms with van der Waals surface area (Å²) in [5.74, 6) is -0.549. The molecule has 2 fully saturated rings. The summed E-state index contributed by atoms with van der Waals surface area (Å²) >= 11 is 6.13. The van der Waals surface area contributed by atoms with Gasteiger partial charge in [-0.05, 0) is 17.7 Å². The zero-order valence-electron chi connectivity index (χ0n) is 15.2. The van der Waals surface area contributed by atoms with E-state index < -0.39 is 12.1 Å². The first-order chi connectivity index (χ1) is 13.5. The zero-order chi connectivity index (χ0) is 19.7. The number of halogens is 1. The van der Waals surface area contributed by atoms with Gasteiger partial charge in [0.25, 0.3) is 5.91 Å². The fourth-order valence-corrected chi connectivity index (χ4v) is 4.00. The van der Waals surface area contributed by atoms with Crippen LogP contribution in [0.25, 0.3) is 0 Å². The van der Waals surface area contributed by atoms with Crippen molar-refractivity contribution in [2.45, 2.75) is 18.5 Å². The van der Waals surface area contributed by atoms with Crippen LogP contribution in [0.4, 0.5) is 0 Å². The molecule has 2 heterocycles. The predicted octanol–water partition coefficient (Wildman–Crippen LogP) is 1.73. The van der Waals surface area contributed by atoms with Crippen LogP contribution in [0, 0.1) is 0 Å². The van der Waals surface area contributed by atoms with Gasteiger partial charge >= 0.3 is 0 Å². The van der Waals surface area contributed by atoms with Crippen LogP contribution in [0.5, 0.6) is 0 Å². The molecule has 0 radical (unpaired) electrons. The second-order valence-electron chi connectivity index (χ2n) is 7.03. The summed E-state index contributed by atoms with van der Waals surface area (Å²) in [6, 6.07) is 15.2. The first kappa shape index (κ1) is 18.5. The van der Waals surface area contributed by atoms with Gasteiger partial charge in [-0.2, -0.15) is 0 Å². The van der Waals surface area contributed by atoms with E-state index in [1.165, 1.54) is 0 Å². The first-order valence-corrected chi connectivity index (χ1v) is 9.61. The lowest BCUT2D eigenvalue weighted by atomic mass is 9.98. The van der Waals surface area contributed by atoms with Gasteiger partial charge in [0.2, 0.25) is 11.8 Å². The summed E-state index contributed by atoms with van der Waals surface area (Å²) in [6.45, 7) is 0.871. The molecule has 0 aliphatic carbocycles. The van der Waals surface area contributed by atoms with E-state index in [1.54, 1.807) is 34.1 Å². The van der Waals surface area contributed by atoms with Gasteiger partial charge in [0, 0.05) is 19.5 Å². The molecule has 144 valence electrons. The number of benzene rings is 2. The van der Waals surface area contributed by atoms with Crippen molar-refractivity contribution < 1.29 is 14.4 Å². The first-order valence-electron chi connectivity index (χ1n) is 9.23. The Morgan fingerprint density at radius 3 is 2.50 bits per heavy atom. The maximum Gasteiger partial charge on any atom is 0.255 e. The fraction of sp³-hybridized carbons (Fsp3) is 0.286. The van der Waals surface area contributed by atoms with Crippen LogP contribution < -0.4 is 5.32 Å². The van der Waals surface area contributed by atoms with Gasteiger partial charge in [-0.1, -0.05) is 54.1 Å². The molecule has 2 aliphatic rings. The molecule has 2 saturated heterocycles. The van der Waals surface area contributed by atoms with E-state index in [9.17, 15) is 14.4 Å². The van der Waals surface area contributed by atoms with Crippen molar-refractivity contribution in [1.29, 1.82) is 0 Å². The average molecular weight is 398 g/mol. The van der Waals surface area contributed by atoms with E-state index in [-0.39, 0.29) is 24.3 Å². The van der Waals surface area contributed by atoms with Crippen molar-refractivity contribution in [3.05, 3.63) is 70.7 Å². The Morgan fingerprint density at radius 1 is 1.04 bits per heavy atom. The molecule has 1 N–H and O–H groups in total. The molecule has 2 aromatic carbocycles. The number of carbonyl (C=O) groups is 3. The number of hydrogen-bond donors (Lipinski definition) is 1. The van der Waals surface area contributed by atoms with Crippen LogP contribution in [0.2, 0.25) is 5.02 Å². The second kappa shape index (κ2) is 7.64. The minimum absolute atomic E-state index is 0.0988. The van der Waals surface area contributed by atoms with Crippen molar-refractivity contribution in [2.75, 3.05) is 19.6 Å². The van der Waals surface area contributed by atoms with E-state index in [0.29, 0.717) is 30.1 Å². The number of carbonyl (C=O) groups excluding carboxylic acids is 3. The van der Waals surface area contributed by atoms with Crippen LogP contribution in [-0.4, -0.2) is 59.2 Å². The molecule has 7 heteroatoms. The van der Waals surface area contributed by atoms with Crippen molar-refractivity contribution in [3.63, 3.8) is 0 Å². The van der Waals surface area contributed by atoms with Gasteiger partial charge in [-0.3, -0.25) is 14.4 Å². The standard InChI is InChI=1S/C21H20ClN3O3/c22-16-9-5-4-8-15(16)20(27)24-10-11-25-18(13-24)19(26)23-17(21(25)28)12-14-6-2-1-3-7-14/h1-9,17-18H,10-13H2,(H,23,26)/t17-,18-/m1/s1. The Balaban J connectivity index is 1.47. The van der Waals surface area contributed by atoms with Crippen molar-refractivity contribution in [1.82, 2.24) is 15.1 Å². The number of amides is 3. The molecule has 2 aliphatic heterocycles. The Morgan fingerprint density at radius 2 is 1.75 bits per heavy atom. The summed E-state index contributed by atoms with van der Waals surface area (Å²) in [4.78, 5) is 41.6. The van der Waals surface area contributed by atoms with E-state index >= 15 is 0 Å². The molecular formula is C21H20ClN3O3. The molecule has 28 heavy (non-hydrogen) atoms. The lowest BCUT2D eigenvalue weighted by molar-refractivity contribution is -0.152. The Labute approximate surface area is 168 Å². The molecule has 0 bridgehead atoms. The third-order valence-electron chi connectivity index (χ3n) is 5.25. The molecule has 0 saturated carbocycles. The van der Waals surface area contributed by atoms with E-state index in [1.807, 2.05) is 30.3 Å². The van der Waals surface area contributed by atoms with Gasteiger partial charge < -0.3 is 15.1 Å². The summed E-state index contributed by atoms with van der Waals surface area (Å²) in [7, 11) is 0. The van der Waals surface area contributed by atoms with Crippen molar-refractivity contribution in [2.24, 2.45) is 0 Å². The highest BCUT2D eigenvalue weighted by atomic mass is 35.5. The molecule has 6 nitrogen and oxygen atoms in total. The predicted molar refractivity (Wildman–Crippen MR) is 105 cm³/mol. The van der Waals surface area contributed by atoms with Gasteiger partial charge in [0.15, 0.2) is 0 Å². The van der Waals surface area contributed by atoms with E-state index in [4.69, 9.17) is 11.6 Å². The number of nitrogens with zero attached hydrogens (tertiary/aromatic N) is 2. The lowest BCUT2D eigenvalue weighted by Crippen LogP contribution is -2.70. The van der Waals surface area contributed by atoms with Gasteiger partial charge in [-0.25, -0.2) is 0 Å². The zero-order valence-corrected chi connectivity index (χ0v) is 15.9. The largest absolute Gasteiger partial charge is 0.342 e. The monoisotopic (exact) mass is 397 g/mol. The fourth-order valence-electron chi connectivity index (χ4n) is 3.78. The normalized spacial score (nSPS) is 21.9. The number of hydrogen-bond acceptors (Lipinski definition) is 3. The summed E-state index contributed by atoms with van der Waals surface area (Å²) in [6.07, 6.45) is 0.455. The number of piperazine rings is 2. The van der Waals surface area contributed by atoms with Crippen molar-refractivity contribution in [3.8, 4) is 0 Å². The maximum absolute atomic E-state index is 12.9. The second-order valence-corrected chi connectivity index (χ2v) is 7.44. The molecular weight excluding hydrogens is 378 g/mol. The number of fused-ring (bicyclic) bond motifs is 1. The molecule has 3 amide bonds. The third-order valence-corrected chi connectivity index (χ3v) is 5.58. The Hall–Kier alpha value is -2.86. The third kappa shape index (κ3) is 3.47. The number of nitrogens with one attached hydrogen (secondary N) is 1. The van der Waals surface area contributed by atoms with E-state index in [2.05, 4.69) is 5.32 Å². The number of rotatable bonds is 3. The quantitative estimate of drug-likeness (QED) is 0.857. The molecule has 2 atom stereocenters. The van der Waals surface area contributed by atoms with Gasteiger partial charge in [0.05, 0.1) is 17.1 Å². The maximum atomic E-state index is 12.9. The highest BCUT2D eigenvalue weighted by Gasteiger charge is 2.44. The van der Waals surface area contributed by atoms with Crippen LogP contribution in [0.1, 0.15) is 15.9 Å². The highest BCUT2D eigenvalue weighted by molar-refractivity contribution is 6.33. The van der Waals surface area contributed by atoms with Crippen molar-refractivity contribution >= 4 is 29.3 Å². The lowest BCUT2D eigenvalue weighted by Gasteiger charge is -2.45. The molecule has 0 unspecified atom stereocenters. The minimum Gasteiger partial charge on any atom is -0.342 e.